The summed E-state index contributed by atoms with van der Waals surface area (Å²) in [4.78, 5) is -0.967. The van der Waals surface area contributed by atoms with Gasteiger partial charge in [0.15, 0.2) is 0 Å². The maximum atomic E-state index is 13.3. The monoisotopic (exact) mass is 346 g/mol. The zero-order chi connectivity index (χ0) is 14.8. The van der Waals surface area contributed by atoms with E-state index in [1.165, 1.54) is 24.3 Å². The van der Waals surface area contributed by atoms with E-state index in [1.807, 2.05) is 0 Å². The van der Waals surface area contributed by atoms with E-state index in [0.717, 1.165) is 12.1 Å². The Labute approximate surface area is 122 Å². The van der Waals surface area contributed by atoms with Crippen LogP contribution in [-0.2, 0) is 0 Å². The summed E-state index contributed by atoms with van der Waals surface area (Å²) in [5.74, 6) is -2.16. The van der Waals surface area contributed by atoms with Crippen molar-refractivity contribution in [1.29, 1.82) is 0 Å². The highest BCUT2D eigenvalue weighted by Gasteiger charge is 2.45. The second-order valence-corrected chi connectivity index (χ2v) is 5.37. The third-order valence-corrected chi connectivity index (χ3v) is 4.05. The summed E-state index contributed by atoms with van der Waals surface area (Å²) in [6.07, 6.45) is -4.40. The molecule has 106 valence electrons. The molecular weight excluding hydrogens is 336 g/mol. The Morgan fingerprint density at radius 1 is 0.800 bits per heavy atom. The van der Waals surface area contributed by atoms with Crippen LogP contribution in [0.2, 0.25) is 0 Å². The molecule has 2 aromatic carbocycles. The van der Waals surface area contributed by atoms with Gasteiger partial charge >= 0.3 is 6.18 Å². The molecule has 2 unspecified atom stereocenters. The first-order valence-corrected chi connectivity index (χ1v) is 6.82. The fourth-order valence-electron chi connectivity index (χ4n) is 2.02. The van der Waals surface area contributed by atoms with Crippen LogP contribution in [0, 0.1) is 5.82 Å². The van der Waals surface area contributed by atoms with Crippen LogP contribution in [0.15, 0.2) is 54.6 Å². The van der Waals surface area contributed by atoms with Crippen LogP contribution >= 0.6 is 15.9 Å². The first kappa shape index (κ1) is 15.0. The molecule has 0 heterocycles. The van der Waals surface area contributed by atoms with Crippen LogP contribution in [0.3, 0.4) is 0 Å². The van der Waals surface area contributed by atoms with Crippen molar-refractivity contribution in [3.05, 3.63) is 71.5 Å². The highest BCUT2D eigenvalue weighted by atomic mass is 79.9. The molecule has 0 aliphatic rings. The fourth-order valence-corrected chi connectivity index (χ4v) is 2.93. The predicted octanol–water partition coefficient (Wildman–Crippen LogP) is 5.61. The number of hydrogen-bond donors (Lipinski definition) is 0. The van der Waals surface area contributed by atoms with Crippen molar-refractivity contribution >= 4 is 15.9 Å². The van der Waals surface area contributed by atoms with E-state index in [4.69, 9.17) is 0 Å². The summed E-state index contributed by atoms with van der Waals surface area (Å²) in [6.45, 7) is 0. The summed E-state index contributed by atoms with van der Waals surface area (Å²) >= 11 is 3.11. The highest BCUT2D eigenvalue weighted by Crippen LogP contribution is 2.47. The lowest BCUT2D eigenvalue weighted by Gasteiger charge is -2.26. The van der Waals surface area contributed by atoms with Gasteiger partial charge < -0.3 is 0 Å². The van der Waals surface area contributed by atoms with E-state index in [9.17, 15) is 17.6 Å². The van der Waals surface area contributed by atoms with Crippen molar-refractivity contribution in [3.8, 4) is 0 Å². The first-order valence-electron chi connectivity index (χ1n) is 5.91. The lowest BCUT2D eigenvalue weighted by molar-refractivity contribution is -0.150. The molecule has 0 radical (unpaired) electrons. The predicted molar refractivity (Wildman–Crippen MR) is 73.3 cm³/mol. The molecule has 2 aromatic rings. The standard InChI is InChI=1S/C15H11BrF4/c16-14(11-6-8-12(17)9-7-11)13(15(18,19)20)10-4-2-1-3-5-10/h1-9,13-14H. The fraction of sp³-hybridized carbons (Fsp3) is 0.200. The van der Waals surface area contributed by atoms with Crippen molar-refractivity contribution in [2.45, 2.75) is 16.9 Å². The molecule has 2 atom stereocenters. The summed E-state index contributed by atoms with van der Waals surface area (Å²) in [7, 11) is 0. The van der Waals surface area contributed by atoms with Crippen LogP contribution in [-0.4, -0.2) is 6.18 Å². The second kappa shape index (κ2) is 5.95. The van der Waals surface area contributed by atoms with E-state index in [1.54, 1.807) is 18.2 Å². The summed E-state index contributed by atoms with van der Waals surface area (Å²) in [6, 6.07) is 12.7. The number of rotatable bonds is 3. The molecule has 0 aromatic heterocycles. The largest absolute Gasteiger partial charge is 0.397 e. The SMILES string of the molecule is Fc1ccc(C(Br)C(c2ccccc2)C(F)(F)F)cc1. The molecule has 0 aliphatic heterocycles. The van der Waals surface area contributed by atoms with Crippen LogP contribution in [0.4, 0.5) is 17.6 Å². The molecule has 0 saturated heterocycles. The average molecular weight is 347 g/mol. The number of benzene rings is 2. The third-order valence-electron chi connectivity index (χ3n) is 2.99. The molecule has 0 aliphatic carbocycles. The third kappa shape index (κ3) is 3.39. The Kier molecular flexibility index (Phi) is 4.48. The zero-order valence-corrected chi connectivity index (χ0v) is 11.8. The van der Waals surface area contributed by atoms with Crippen molar-refractivity contribution < 1.29 is 17.6 Å². The topological polar surface area (TPSA) is 0 Å². The van der Waals surface area contributed by atoms with Gasteiger partial charge in [0.25, 0.3) is 0 Å². The summed E-state index contributed by atoms with van der Waals surface area (Å²) in [5, 5.41) is 0. The second-order valence-electron chi connectivity index (χ2n) is 4.38. The van der Waals surface area contributed by atoms with Gasteiger partial charge in [-0.3, -0.25) is 0 Å². The molecule has 2 rings (SSSR count). The number of hydrogen-bond acceptors (Lipinski definition) is 0. The first-order chi connectivity index (χ1) is 9.39. The van der Waals surface area contributed by atoms with Gasteiger partial charge in [0.2, 0.25) is 0 Å². The van der Waals surface area contributed by atoms with Gasteiger partial charge in [-0.15, -0.1) is 0 Å². The molecule has 0 nitrogen and oxygen atoms in total. The van der Waals surface area contributed by atoms with E-state index >= 15 is 0 Å². The van der Waals surface area contributed by atoms with Crippen LogP contribution in [0.1, 0.15) is 21.9 Å². The maximum Gasteiger partial charge on any atom is 0.397 e. The van der Waals surface area contributed by atoms with Gasteiger partial charge in [0, 0.05) is 0 Å². The highest BCUT2D eigenvalue weighted by molar-refractivity contribution is 9.09. The Bertz CT molecular complexity index is 548. The van der Waals surface area contributed by atoms with Crippen LogP contribution in [0.25, 0.3) is 0 Å². The number of halogens is 5. The molecule has 0 amide bonds. The van der Waals surface area contributed by atoms with Gasteiger partial charge in [0.05, 0.1) is 10.7 Å². The average Bonchev–Trinajstić information content (AvgIpc) is 2.39. The van der Waals surface area contributed by atoms with Crippen LogP contribution < -0.4 is 0 Å². The zero-order valence-electron chi connectivity index (χ0n) is 10.2. The lowest BCUT2D eigenvalue weighted by Crippen LogP contribution is -2.24. The maximum absolute atomic E-state index is 13.3. The normalized spacial score (nSPS) is 14.8. The van der Waals surface area contributed by atoms with Crippen molar-refractivity contribution in [2.24, 2.45) is 0 Å². The minimum absolute atomic E-state index is 0.172. The summed E-state index contributed by atoms with van der Waals surface area (Å²) in [5.41, 5.74) is 0.559. The van der Waals surface area contributed by atoms with Gasteiger partial charge in [0.1, 0.15) is 5.82 Å². The van der Waals surface area contributed by atoms with Crippen LogP contribution in [0.5, 0.6) is 0 Å². The smallest absolute Gasteiger partial charge is 0.207 e. The van der Waals surface area contributed by atoms with Gasteiger partial charge in [-0.1, -0.05) is 58.4 Å². The minimum Gasteiger partial charge on any atom is -0.207 e. The Balaban J connectivity index is 2.39. The Hall–Kier alpha value is -1.36. The molecule has 20 heavy (non-hydrogen) atoms. The Morgan fingerprint density at radius 3 is 1.85 bits per heavy atom. The molecule has 0 saturated carbocycles. The van der Waals surface area contributed by atoms with E-state index in [2.05, 4.69) is 15.9 Å². The van der Waals surface area contributed by atoms with Crippen molar-refractivity contribution in [1.82, 2.24) is 0 Å². The van der Waals surface area contributed by atoms with E-state index < -0.39 is 22.7 Å². The van der Waals surface area contributed by atoms with Crippen molar-refractivity contribution in [3.63, 3.8) is 0 Å². The van der Waals surface area contributed by atoms with E-state index in [-0.39, 0.29) is 5.56 Å². The van der Waals surface area contributed by atoms with E-state index in [0.29, 0.717) is 5.56 Å². The molecule has 5 heteroatoms. The minimum atomic E-state index is -4.40. The molecule has 0 bridgehead atoms. The number of alkyl halides is 4. The summed E-state index contributed by atoms with van der Waals surface area (Å²) < 4.78 is 52.8. The van der Waals surface area contributed by atoms with Gasteiger partial charge in [-0.05, 0) is 23.3 Å². The molecule has 0 N–H and O–H groups in total. The molecule has 0 fully saturated rings. The Morgan fingerprint density at radius 2 is 1.35 bits per heavy atom. The molecule has 0 spiro atoms. The van der Waals surface area contributed by atoms with Gasteiger partial charge in [-0.2, -0.15) is 13.2 Å². The van der Waals surface area contributed by atoms with Gasteiger partial charge in [-0.25, -0.2) is 4.39 Å². The lowest BCUT2D eigenvalue weighted by atomic mass is 9.91. The quantitative estimate of drug-likeness (QED) is 0.500. The molecular formula is C15H11BrF4. The van der Waals surface area contributed by atoms with Crippen molar-refractivity contribution in [2.75, 3.05) is 0 Å².